The van der Waals surface area contributed by atoms with Crippen LogP contribution >= 0.6 is 31.9 Å². The summed E-state index contributed by atoms with van der Waals surface area (Å²) in [5.41, 5.74) is 12.4. The molecule has 5 N–H and O–H groups in total. The number of hydrogen-bond acceptors (Lipinski definition) is 4. The summed E-state index contributed by atoms with van der Waals surface area (Å²) in [6.07, 6.45) is 1.47. The van der Waals surface area contributed by atoms with Crippen molar-refractivity contribution in [2.45, 2.75) is 0 Å². The van der Waals surface area contributed by atoms with Gasteiger partial charge in [-0.2, -0.15) is 0 Å². The Morgan fingerprint density at radius 3 is 2.47 bits per heavy atom. The third kappa shape index (κ3) is 3.05. The number of nitrogens with one attached hydrogen (secondary N) is 1. The molecule has 98 valence electrons. The first-order valence-corrected chi connectivity index (χ1v) is 6.84. The molecule has 1 aromatic heterocycles. The molecule has 2 aromatic rings. The smallest absolute Gasteiger partial charge is 0.251 e. The largest absolute Gasteiger partial charge is 0.384 e. The van der Waals surface area contributed by atoms with Crippen LogP contribution in [0.4, 0.5) is 17.2 Å². The van der Waals surface area contributed by atoms with Crippen molar-refractivity contribution in [3.63, 3.8) is 0 Å². The molecule has 0 aliphatic carbocycles. The summed E-state index contributed by atoms with van der Waals surface area (Å²) in [6, 6.07) is 7.08. The Morgan fingerprint density at radius 1 is 1.26 bits per heavy atom. The van der Waals surface area contributed by atoms with Gasteiger partial charge in [-0.1, -0.05) is 6.07 Å². The number of nitrogens with two attached hydrogens (primary N) is 2. The van der Waals surface area contributed by atoms with Crippen molar-refractivity contribution >= 4 is 55.0 Å². The molecule has 5 nitrogen and oxygen atoms in total. The Hall–Kier alpha value is -1.60. The molecule has 2 rings (SSSR count). The number of rotatable bonds is 3. The lowest BCUT2D eigenvalue weighted by molar-refractivity contribution is 0.100. The molecule has 0 aliphatic heterocycles. The fourth-order valence-corrected chi connectivity index (χ4v) is 2.72. The van der Waals surface area contributed by atoms with E-state index in [0.717, 1.165) is 14.6 Å². The van der Waals surface area contributed by atoms with Crippen LogP contribution < -0.4 is 16.8 Å². The molecule has 0 fully saturated rings. The maximum atomic E-state index is 11.4. The molecular formula is C12H10Br2N4O. The standard InChI is InChI=1S/C12H10Br2N4O/c13-7-2-1-3-8(14)11(7)18-9-5-17-10(15)4-6(9)12(16)19/h1-5,18H,(H2,15,17)(H2,16,19). The molecule has 0 aliphatic rings. The van der Waals surface area contributed by atoms with Crippen molar-refractivity contribution < 1.29 is 4.79 Å². The van der Waals surface area contributed by atoms with Gasteiger partial charge < -0.3 is 16.8 Å². The van der Waals surface area contributed by atoms with Crippen molar-refractivity contribution in [1.29, 1.82) is 0 Å². The highest BCUT2D eigenvalue weighted by molar-refractivity contribution is 9.11. The number of carbonyl (C=O) groups is 1. The minimum atomic E-state index is -0.570. The zero-order chi connectivity index (χ0) is 14.0. The van der Waals surface area contributed by atoms with E-state index in [1.54, 1.807) is 0 Å². The van der Waals surface area contributed by atoms with Crippen molar-refractivity contribution in [3.8, 4) is 0 Å². The average molecular weight is 386 g/mol. The van der Waals surface area contributed by atoms with Crippen LogP contribution in [0.15, 0.2) is 39.4 Å². The lowest BCUT2D eigenvalue weighted by atomic mass is 10.2. The van der Waals surface area contributed by atoms with Crippen LogP contribution in [0, 0.1) is 0 Å². The predicted octanol–water partition coefficient (Wildman–Crippen LogP) is 3.03. The number of aromatic nitrogens is 1. The highest BCUT2D eigenvalue weighted by Gasteiger charge is 2.12. The number of hydrogen-bond donors (Lipinski definition) is 3. The van der Waals surface area contributed by atoms with Gasteiger partial charge in [0.05, 0.1) is 23.1 Å². The van der Waals surface area contributed by atoms with Gasteiger partial charge >= 0.3 is 0 Å². The monoisotopic (exact) mass is 384 g/mol. The SMILES string of the molecule is NC(=O)c1cc(N)ncc1Nc1c(Br)cccc1Br. The third-order valence-electron chi connectivity index (χ3n) is 2.41. The highest BCUT2D eigenvalue weighted by atomic mass is 79.9. The van der Waals surface area contributed by atoms with E-state index >= 15 is 0 Å². The van der Waals surface area contributed by atoms with Crippen molar-refractivity contribution in [2.24, 2.45) is 5.73 Å². The second kappa shape index (κ2) is 5.58. The van der Waals surface area contributed by atoms with Crippen LogP contribution in [-0.2, 0) is 0 Å². The molecule has 0 atom stereocenters. The molecule has 1 aromatic carbocycles. The lowest BCUT2D eigenvalue weighted by Crippen LogP contribution is -2.14. The fourth-order valence-electron chi connectivity index (χ4n) is 1.53. The summed E-state index contributed by atoms with van der Waals surface area (Å²) in [6.45, 7) is 0. The summed E-state index contributed by atoms with van der Waals surface area (Å²) in [5, 5.41) is 3.10. The van der Waals surface area contributed by atoms with E-state index in [2.05, 4.69) is 42.2 Å². The molecule has 0 saturated carbocycles. The number of pyridine rings is 1. The summed E-state index contributed by atoms with van der Waals surface area (Å²) in [5.74, 6) is -0.328. The number of anilines is 3. The van der Waals surface area contributed by atoms with Gasteiger partial charge in [0.15, 0.2) is 0 Å². The van der Waals surface area contributed by atoms with Crippen LogP contribution in [0.25, 0.3) is 0 Å². The Morgan fingerprint density at radius 2 is 1.89 bits per heavy atom. The number of nitrogens with zero attached hydrogens (tertiary/aromatic N) is 1. The van der Waals surface area contributed by atoms with Crippen LogP contribution in [0.2, 0.25) is 0 Å². The quantitative estimate of drug-likeness (QED) is 0.756. The first kappa shape index (κ1) is 13.8. The number of carbonyl (C=O) groups excluding carboxylic acids is 1. The van der Waals surface area contributed by atoms with Gasteiger partial charge in [-0.25, -0.2) is 4.98 Å². The fraction of sp³-hybridized carbons (Fsp3) is 0. The van der Waals surface area contributed by atoms with E-state index in [0.29, 0.717) is 5.69 Å². The molecule has 0 spiro atoms. The Kier molecular flexibility index (Phi) is 4.06. The molecule has 0 unspecified atom stereocenters. The summed E-state index contributed by atoms with van der Waals surface area (Å²) in [4.78, 5) is 15.4. The topological polar surface area (TPSA) is 94.0 Å². The molecule has 19 heavy (non-hydrogen) atoms. The minimum Gasteiger partial charge on any atom is -0.384 e. The normalized spacial score (nSPS) is 10.2. The molecular weight excluding hydrogens is 376 g/mol. The van der Waals surface area contributed by atoms with E-state index in [1.807, 2.05) is 18.2 Å². The zero-order valence-electron chi connectivity index (χ0n) is 9.65. The zero-order valence-corrected chi connectivity index (χ0v) is 12.8. The Bertz CT molecular complexity index is 625. The van der Waals surface area contributed by atoms with Gasteiger partial charge in [0, 0.05) is 8.95 Å². The van der Waals surface area contributed by atoms with Crippen LogP contribution in [0.5, 0.6) is 0 Å². The molecule has 1 amide bonds. The number of amides is 1. The maximum Gasteiger partial charge on any atom is 0.251 e. The Balaban J connectivity index is 2.47. The van der Waals surface area contributed by atoms with Crippen molar-refractivity contribution in [1.82, 2.24) is 4.98 Å². The number of primary amides is 1. The van der Waals surface area contributed by atoms with E-state index in [9.17, 15) is 4.79 Å². The van der Waals surface area contributed by atoms with Gasteiger partial charge in [0.25, 0.3) is 5.91 Å². The number of para-hydroxylation sites is 1. The lowest BCUT2D eigenvalue weighted by Gasteiger charge is -2.13. The van der Waals surface area contributed by atoms with Gasteiger partial charge in [0.2, 0.25) is 0 Å². The van der Waals surface area contributed by atoms with E-state index in [-0.39, 0.29) is 11.4 Å². The van der Waals surface area contributed by atoms with Crippen LogP contribution in [0.3, 0.4) is 0 Å². The minimum absolute atomic E-state index is 0.241. The first-order chi connectivity index (χ1) is 8.99. The number of benzene rings is 1. The van der Waals surface area contributed by atoms with Crippen molar-refractivity contribution in [3.05, 3.63) is 45.0 Å². The number of nitrogen functional groups attached to an aromatic ring is 1. The summed E-state index contributed by atoms with van der Waals surface area (Å²) < 4.78 is 1.68. The second-order valence-electron chi connectivity index (χ2n) is 3.74. The van der Waals surface area contributed by atoms with Crippen LogP contribution in [0.1, 0.15) is 10.4 Å². The first-order valence-electron chi connectivity index (χ1n) is 5.25. The summed E-state index contributed by atoms with van der Waals surface area (Å²) >= 11 is 6.85. The van der Waals surface area contributed by atoms with E-state index in [4.69, 9.17) is 11.5 Å². The second-order valence-corrected chi connectivity index (χ2v) is 5.45. The predicted molar refractivity (Wildman–Crippen MR) is 82.3 cm³/mol. The van der Waals surface area contributed by atoms with Gasteiger partial charge in [-0.15, -0.1) is 0 Å². The van der Waals surface area contributed by atoms with Gasteiger partial charge in [-0.05, 0) is 50.1 Å². The third-order valence-corrected chi connectivity index (χ3v) is 3.73. The molecule has 0 saturated heterocycles. The molecule has 0 bridgehead atoms. The van der Waals surface area contributed by atoms with Crippen molar-refractivity contribution in [2.75, 3.05) is 11.1 Å². The summed E-state index contributed by atoms with van der Waals surface area (Å²) in [7, 11) is 0. The van der Waals surface area contributed by atoms with Crippen LogP contribution in [-0.4, -0.2) is 10.9 Å². The number of halogens is 2. The van der Waals surface area contributed by atoms with Gasteiger partial charge in [-0.3, -0.25) is 4.79 Å². The van der Waals surface area contributed by atoms with Gasteiger partial charge in [0.1, 0.15) is 5.82 Å². The average Bonchev–Trinajstić information content (AvgIpc) is 2.35. The highest BCUT2D eigenvalue weighted by Crippen LogP contribution is 2.34. The molecule has 1 heterocycles. The van der Waals surface area contributed by atoms with E-state index in [1.165, 1.54) is 12.3 Å². The van der Waals surface area contributed by atoms with E-state index < -0.39 is 5.91 Å². The molecule has 7 heteroatoms. The molecule has 0 radical (unpaired) electrons. The Labute approximate surface area is 126 Å². The maximum absolute atomic E-state index is 11.4.